The normalized spacial score (nSPS) is 16.5. The number of ether oxygens (including phenoxy) is 1. The minimum absolute atomic E-state index is 0.117. The van der Waals surface area contributed by atoms with E-state index in [9.17, 15) is 9.59 Å². The lowest BCUT2D eigenvalue weighted by atomic mass is 10.0. The van der Waals surface area contributed by atoms with Crippen LogP contribution >= 0.6 is 0 Å². The fourth-order valence-corrected chi connectivity index (χ4v) is 5.01. The van der Waals surface area contributed by atoms with Crippen molar-refractivity contribution >= 4 is 29.3 Å². The number of nitrogens with zero attached hydrogens (tertiary/aromatic N) is 6. The molecule has 2 aliphatic heterocycles. The van der Waals surface area contributed by atoms with Gasteiger partial charge in [0.2, 0.25) is 0 Å². The lowest BCUT2D eigenvalue weighted by Crippen LogP contribution is -2.46. The number of rotatable bonds is 5. The molecule has 4 heterocycles. The van der Waals surface area contributed by atoms with Crippen LogP contribution < -0.4 is 10.6 Å². The number of para-hydroxylation sites is 1. The highest BCUT2D eigenvalue weighted by molar-refractivity contribution is 6.02. The number of aromatic nitrogens is 4. The van der Waals surface area contributed by atoms with Crippen molar-refractivity contribution in [1.82, 2.24) is 24.6 Å². The molecule has 1 saturated heterocycles. The van der Waals surface area contributed by atoms with E-state index in [2.05, 4.69) is 5.10 Å². The Morgan fingerprint density at radius 1 is 1.05 bits per heavy atom. The third-order valence-electron chi connectivity index (χ3n) is 6.69. The summed E-state index contributed by atoms with van der Waals surface area (Å²) < 4.78 is 6.61. The van der Waals surface area contributed by atoms with Gasteiger partial charge in [-0.25, -0.2) is 24.5 Å². The van der Waals surface area contributed by atoms with Crippen LogP contribution in [0.25, 0.3) is 17.2 Å². The minimum atomic E-state index is -0.555. The molecule has 0 aliphatic carbocycles. The van der Waals surface area contributed by atoms with E-state index in [1.807, 2.05) is 65.6 Å². The Morgan fingerprint density at radius 2 is 1.76 bits per heavy atom. The molecular weight excluding hydrogens is 470 g/mol. The molecule has 0 spiro atoms. The number of hydrogen-bond donors (Lipinski definition) is 1. The van der Waals surface area contributed by atoms with Crippen molar-refractivity contribution in [1.29, 1.82) is 0 Å². The maximum Gasteiger partial charge on any atom is 0.343 e. The predicted molar refractivity (Wildman–Crippen MR) is 138 cm³/mol. The molecule has 1 fully saturated rings. The topological polar surface area (TPSA) is 119 Å². The largest absolute Gasteiger partial charge is 0.462 e. The SMILES string of the molecule is CCOC(=O)c1cnn(-c2nc(-c3ccccc3)nc3c2C2CCCN2C(=O)N3c2ccccc2)c1N. The molecule has 186 valence electrons. The molecular formula is C27H25N7O3. The van der Waals surface area contributed by atoms with Crippen LogP contribution in [-0.2, 0) is 4.74 Å². The summed E-state index contributed by atoms with van der Waals surface area (Å²) in [5.74, 6) is 0.896. The second kappa shape index (κ2) is 9.05. The fourth-order valence-electron chi connectivity index (χ4n) is 5.01. The molecule has 2 aromatic heterocycles. The maximum absolute atomic E-state index is 13.8. The van der Waals surface area contributed by atoms with Crippen molar-refractivity contribution in [3.63, 3.8) is 0 Å². The number of nitrogens with two attached hydrogens (primary N) is 1. The highest BCUT2D eigenvalue weighted by Crippen LogP contribution is 2.47. The zero-order chi connectivity index (χ0) is 25.5. The van der Waals surface area contributed by atoms with Crippen LogP contribution in [-0.4, -0.2) is 49.8 Å². The number of anilines is 3. The zero-order valence-electron chi connectivity index (χ0n) is 20.2. The first-order valence-corrected chi connectivity index (χ1v) is 12.2. The molecule has 2 N–H and O–H groups in total. The molecule has 2 aliphatic rings. The monoisotopic (exact) mass is 495 g/mol. The average molecular weight is 496 g/mol. The lowest BCUT2D eigenvalue weighted by Gasteiger charge is -2.39. The number of nitrogen functional groups attached to an aromatic ring is 1. The number of carbonyl (C=O) groups is 2. The van der Waals surface area contributed by atoms with Gasteiger partial charge < -0.3 is 15.4 Å². The van der Waals surface area contributed by atoms with E-state index in [1.165, 1.54) is 10.9 Å². The molecule has 1 atom stereocenters. The Kier molecular flexibility index (Phi) is 5.56. The summed E-state index contributed by atoms with van der Waals surface area (Å²) in [5.41, 5.74) is 8.82. The van der Waals surface area contributed by atoms with E-state index < -0.39 is 5.97 Å². The number of carbonyl (C=O) groups excluding carboxylic acids is 2. The number of amides is 2. The standard InChI is InChI=1S/C27H25N7O3/c1-2-37-26(35)19-16-29-34(22(19)28)25-21-20-14-9-15-32(20)27(36)33(18-12-7-4-8-13-18)24(21)30-23(31-25)17-10-5-3-6-11-17/h3-8,10-13,16,20H,2,9,14-15,28H2,1H3. The van der Waals surface area contributed by atoms with Crippen LogP contribution in [0, 0.1) is 0 Å². The summed E-state index contributed by atoms with van der Waals surface area (Å²) in [5, 5.41) is 4.44. The van der Waals surface area contributed by atoms with Crippen molar-refractivity contribution in [2.75, 3.05) is 23.8 Å². The van der Waals surface area contributed by atoms with Gasteiger partial charge in [-0.15, -0.1) is 0 Å². The smallest absolute Gasteiger partial charge is 0.343 e. The van der Waals surface area contributed by atoms with E-state index in [1.54, 1.807) is 11.8 Å². The molecule has 0 saturated carbocycles. The third kappa shape index (κ3) is 3.68. The number of esters is 1. The van der Waals surface area contributed by atoms with Crippen LogP contribution in [0.4, 0.5) is 22.1 Å². The zero-order valence-corrected chi connectivity index (χ0v) is 20.2. The Bertz CT molecular complexity index is 1490. The summed E-state index contributed by atoms with van der Waals surface area (Å²) in [6.45, 7) is 2.57. The molecule has 0 bridgehead atoms. The summed E-state index contributed by atoms with van der Waals surface area (Å²) in [6.07, 6.45) is 2.99. The number of benzene rings is 2. The summed E-state index contributed by atoms with van der Waals surface area (Å²) in [7, 11) is 0. The lowest BCUT2D eigenvalue weighted by molar-refractivity contribution is 0.0527. The van der Waals surface area contributed by atoms with Gasteiger partial charge in [0.15, 0.2) is 17.5 Å². The fraction of sp³-hybridized carbons (Fsp3) is 0.222. The quantitative estimate of drug-likeness (QED) is 0.405. The van der Waals surface area contributed by atoms with Crippen LogP contribution in [0.3, 0.4) is 0 Å². The molecule has 1 unspecified atom stereocenters. The van der Waals surface area contributed by atoms with E-state index in [0.29, 0.717) is 29.7 Å². The number of fused-ring (bicyclic) bond motifs is 3. The Balaban J connectivity index is 1.64. The maximum atomic E-state index is 13.8. The minimum Gasteiger partial charge on any atom is -0.462 e. The number of hydrogen-bond acceptors (Lipinski definition) is 7. The van der Waals surface area contributed by atoms with Gasteiger partial charge >= 0.3 is 12.0 Å². The molecule has 4 aromatic rings. The van der Waals surface area contributed by atoms with Crippen molar-refractivity contribution < 1.29 is 14.3 Å². The molecule has 0 radical (unpaired) electrons. The van der Waals surface area contributed by atoms with Crippen LogP contribution in [0.15, 0.2) is 66.9 Å². The first-order chi connectivity index (χ1) is 18.1. The Labute approximate surface area is 213 Å². The van der Waals surface area contributed by atoms with Crippen LogP contribution in [0.2, 0.25) is 0 Å². The second-order valence-electron chi connectivity index (χ2n) is 8.85. The number of urea groups is 1. The summed E-state index contributed by atoms with van der Waals surface area (Å²) in [6, 6.07) is 18.6. The molecule has 10 nitrogen and oxygen atoms in total. The van der Waals surface area contributed by atoms with E-state index >= 15 is 0 Å². The van der Waals surface area contributed by atoms with Crippen molar-refractivity contribution in [3.05, 3.63) is 78.0 Å². The van der Waals surface area contributed by atoms with Crippen molar-refractivity contribution in [3.8, 4) is 17.2 Å². The molecule has 2 aromatic carbocycles. The predicted octanol–water partition coefficient (Wildman–Crippen LogP) is 4.50. The molecule has 37 heavy (non-hydrogen) atoms. The molecule has 2 amide bonds. The van der Waals surface area contributed by atoms with E-state index in [4.69, 9.17) is 20.4 Å². The van der Waals surface area contributed by atoms with Crippen molar-refractivity contribution in [2.45, 2.75) is 25.8 Å². The van der Waals surface area contributed by atoms with Gasteiger partial charge in [0.25, 0.3) is 0 Å². The first kappa shape index (κ1) is 22.7. The van der Waals surface area contributed by atoms with Gasteiger partial charge in [-0.2, -0.15) is 9.78 Å². The van der Waals surface area contributed by atoms with Crippen LogP contribution in [0.1, 0.15) is 41.7 Å². The first-order valence-electron chi connectivity index (χ1n) is 12.2. The summed E-state index contributed by atoms with van der Waals surface area (Å²) in [4.78, 5) is 39.6. The van der Waals surface area contributed by atoms with Crippen LogP contribution in [0.5, 0.6) is 0 Å². The average Bonchev–Trinajstić information content (AvgIpc) is 3.57. The molecule has 10 heteroatoms. The van der Waals surface area contributed by atoms with Gasteiger partial charge in [-0.05, 0) is 31.9 Å². The Morgan fingerprint density at radius 3 is 2.49 bits per heavy atom. The second-order valence-corrected chi connectivity index (χ2v) is 8.85. The highest BCUT2D eigenvalue weighted by atomic mass is 16.5. The van der Waals surface area contributed by atoms with E-state index in [-0.39, 0.29) is 30.1 Å². The third-order valence-corrected chi connectivity index (χ3v) is 6.69. The highest BCUT2D eigenvalue weighted by Gasteiger charge is 2.45. The summed E-state index contributed by atoms with van der Waals surface area (Å²) >= 11 is 0. The van der Waals surface area contributed by atoms with Gasteiger partial charge in [0.05, 0.1) is 30.1 Å². The van der Waals surface area contributed by atoms with Gasteiger partial charge in [-0.1, -0.05) is 48.5 Å². The van der Waals surface area contributed by atoms with Gasteiger partial charge in [0.1, 0.15) is 11.4 Å². The van der Waals surface area contributed by atoms with Crippen molar-refractivity contribution in [2.24, 2.45) is 0 Å². The van der Waals surface area contributed by atoms with Gasteiger partial charge in [0, 0.05) is 12.1 Å². The van der Waals surface area contributed by atoms with E-state index in [0.717, 1.165) is 24.0 Å². The molecule has 6 rings (SSSR count). The van der Waals surface area contributed by atoms with Gasteiger partial charge in [-0.3, -0.25) is 0 Å². The Hall–Kier alpha value is -4.73.